The highest BCUT2D eigenvalue weighted by Crippen LogP contribution is 2.15. The minimum absolute atomic E-state index is 0.0981. The van der Waals surface area contributed by atoms with Gasteiger partial charge in [-0.05, 0) is 0 Å². The summed E-state index contributed by atoms with van der Waals surface area (Å²) in [5, 5.41) is 8.60. The second kappa shape index (κ2) is 4.63. The van der Waals surface area contributed by atoms with Gasteiger partial charge in [-0.3, -0.25) is 15.1 Å². The van der Waals surface area contributed by atoms with Crippen LogP contribution in [0.3, 0.4) is 0 Å². The molecule has 8 nitrogen and oxygen atoms in total. The normalized spacial score (nSPS) is 16.8. The molecule has 0 radical (unpaired) electrons. The van der Waals surface area contributed by atoms with Crippen LogP contribution in [0.2, 0.25) is 0 Å². The summed E-state index contributed by atoms with van der Waals surface area (Å²) in [6.07, 6.45) is -0.734. The first-order valence-corrected chi connectivity index (χ1v) is 5.69. The molecule has 0 amide bonds. The van der Waals surface area contributed by atoms with E-state index in [0.717, 1.165) is 0 Å². The SMILES string of the molecule is C[N+](C)(C)C[C@@](N)(CC(=O)O)OS(=O)(=O)O. The highest BCUT2D eigenvalue weighted by molar-refractivity contribution is 7.80. The van der Waals surface area contributed by atoms with Crippen molar-refractivity contribution >= 4 is 16.4 Å². The van der Waals surface area contributed by atoms with Gasteiger partial charge in [-0.25, -0.2) is 4.18 Å². The Morgan fingerprint density at radius 1 is 1.44 bits per heavy atom. The van der Waals surface area contributed by atoms with Gasteiger partial charge in [0.25, 0.3) is 0 Å². The van der Waals surface area contributed by atoms with Crippen molar-refractivity contribution in [1.82, 2.24) is 0 Å². The number of carbonyl (C=O) groups is 1. The van der Waals surface area contributed by atoms with Crippen molar-refractivity contribution in [1.29, 1.82) is 0 Å². The van der Waals surface area contributed by atoms with E-state index < -0.39 is 28.5 Å². The van der Waals surface area contributed by atoms with Crippen LogP contribution in [0.5, 0.6) is 0 Å². The van der Waals surface area contributed by atoms with E-state index in [4.69, 9.17) is 15.4 Å². The standard InChI is InChI=1S/C7H16N2O6S/c1-9(2,3)5-7(8,4-6(10)11)15-16(12,13)14/h4-5,8H2,1-3H3,(H-,10,11,12,13,14)/p+1/t7-/m1/s1. The highest BCUT2D eigenvalue weighted by atomic mass is 32.3. The van der Waals surface area contributed by atoms with Crippen molar-refractivity contribution in [3.05, 3.63) is 0 Å². The average Bonchev–Trinajstić information content (AvgIpc) is 1.69. The Bertz CT molecular complexity index is 360. The smallest absolute Gasteiger partial charge is 0.399 e. The Morgan fingerprint density at radius 3 is 2.12 bits per heavy atom. The molecule has 96 valence electrons. The first-order valence-electron chi connectivity index (χ1n) is 4.32. The molecule has 0 aromatic carbocycles. The number of carboxylic acids is 1. The van der Waals surface area contributed by atoms with Crippen LogP contribution in [0.15, 0.2) is 0 Å². The van der Waals surface area contributed by atoms with E-state index in [1.807, 2.05) is 0 Å². The largest absolute Gasteiger partial charge is 0.481 e. The summed E-state index contributed by atoms with van der Waals surface area (Å²) in [4.78, 5) is 10.5. The number of nitrogens with zero attached hydrogens (tertiary/aromatic N) is 1. The van der Waals surface area contributed by atoms with Crippen molar-refractivity contribution in [2.45, 2.75) is 12.1 Å². The predicted molar refractivity (Wildman–Crippen MR) is 54.7 cm³/mol. The predicted octanol–water partition coefficient (Wildman–Crippen LogP) is -1.36. The molecule has 16 heavy (non-hydrogen) atoms. The maximum Gasteiger partial charge on any atom is 0.399 e. The van der Waals surface area contributed by atoms with Crippen LogP contribution < -0.4 is 5.73 Å². The number of carboxylic acid groups (broad SMARTS) is 1. The van der Waals surface area contributed by atoms with Crippen LogP contribution in [-0.4, -0.2) is 61.9 Å². The van der Waals surface area contributed by atoms with Crippen molar-refractivity contribution in [2.75, 3.05) is 27.7 Å². The zero-order chi connectivity index (χ0) is 13.2. The van der Waals surface area contributed by atoms with Gasteiger partial charge in [0, 0.05) is 0 Å². The Labute approximate surface area is 94.1 Å². The Morgan fingerprint density at radius 2 is 1.88 bits per heavy atom. The minimum atomic E-state index is -4.80. The number of nitrogens with two attached hydrogens (primary N) is 1. The number of hydrogen-bond donors (Lipinski definition) is 3. The monoisotopic (exact) mass is 257 g/mol. The van der Waals surface area contributed by atoms with Crippen LogP contribution in [0.25, 0.3) is 0 Å². The summed E-state index contributed by atoms with van der Waals surface area (Å²) in [6, 6.07) is 0. The zero-order valence-electron chi connectivity index (χ0n) is 9.37. The molecule has 0 saturated heterocycles. The summed E-state index contributed by atoms with van der Waals surface area (Å²) in [7, 11) is 0.234. The van der Waals surface area contributed by atoms with Gasteiger partial charge in [0.2, 0.25) is 0 Å². The van der Waals surface area contributed by atoms with Crippen molar-refractivity contribution < 1.29 is 31.5 Å². The fraction of sp³-hybridized carbons (Fsp3) is 0.857. The molecular weight excluding hydrogens is 240 g/mol. The zero-order valence-corrected chi connectivity index (χ0v) is 10.2. The number of hydrogen-bond acceptors (Lipinski definition) is 5. The summed E-state index contributed by atoms with van der Waals surface area (Å²) in [5.41, 5.74) is 3.54. The topological polar surface area (TPSA) is 127 Å². The van der Waals surface area contributed by atoms with Crippen LogP contribution in [0, 0.1) is 0 Å². The van der Waals surface area contributed by atoms with Crippen LogP contribution in [0.1, 0.15) is 6.42 Å². The lowest BCUT2D eigenvalue weighted by Crippen LogP contribution is -2.58. The van der Waals surface area contributed by atoms with Crippen molar-refractivity contribution in [3.63, 3.8) is 0 Å². The van der Waals surface area contributed by atoms with Gasteiger partial charge in [-0.15, -0.1) is 0 Å². The molecule has 0 unspecified atom stereocenters. The molecule has 0 aliphatic carbocycles. The third-order valence-corrected chi connectivity index (χ3v) is 2.01. The van der Waals surface area contributed by atoms with Crippen LogP contribution in [-0.2, 0) is 19.4 Å². The molecule has 9 heteroatoms. The van der Waals surface area contributed by atoms with Gasteiger partial charge >= 0.3 is 16.4 Å². The van der Waals surface area contributed by atoms with Gasteiger partial charge < -0.3 is 9.59 Å². The van der Waals surface area contributed by atoms with E-state index in [1.54, 1.807) is 21.1 Å². The van der Waals surface area contributed by atoms with Crippen LogP contribution in [0.4, 0.5) is 0 Å². The van der Waals surface area contributed by atoms with E-state index in [-0.39, 0.29) is 11.0 Å². The molecule has 0 aliphatic heterocycles. The van der Waals surface area contributed by atoms with Crippen molar-refractivity contribution in [3.8, 4) is 0 Å². The van der Waals surface area contributed by atoms with Gasteiger partial charge in [0.05, 0.1) is 27.6 Å². The minimum Gasteiger partial charge on any atom is -0.481 e. The van der Waals surface area contributed by atoms with E-state index in [2.05, 4.69) is 4.18 Å². The average molecular weight is 257 g/mol. The second-order valence-electron chi connectivity index (χ2n) is 4.59. The molecule has 0 rings (SSSR count). The maximum absolute atomic E-state index is 10.6. The molecule has 4 N–H and O–H groups in total. The van der Waals surface area contributed by atoms with Crippen molar-refractivity contribution in [2.24, 2.45) is 5.73 Å². The molecule has 0 fully saturated rings. The Kier molecular flexibility index (Phi) is 4.42. The first kappa shape index (κ1) is 15.3. The lowest BCUT2D eigenvalue weighted by Gasteiger charge is -2.33. The number of likely N-dealkylation sites (N-methyl/N-ethyl adjacent to an activating group) is 1. The first-order chi connectivity index (χ1) is 6.83. The van der Waals surface area contributed by atoms with E-state index in [1.165, 1.54) is 0 Å². The molecule has 0 bridgehead atoms. The number of rotatable bonds is 6. The summed E-state index contributed by atoms with van der Waals surface area (Å²) >= 11 is 0. The fourth-order valence-corrected chi connectivity index (χ4v) is 1.91. The lowest BCUT2D eigenvalue weighted by atomic mass is 10.1. The molecule has 1 atom stereocenters. The molecule has 0 heterocycles. The summed E-state index contributed by atoms with van der Waals surface area (Å²) < 4.78 is 34.1. The molecule has 0 spiro atoms. The molecule has 0 saturated carbocycles. The summed E-state index contributed by atoms with van der Waals surface area (Å²) in [6.45, 7) is -0.0981. The van der Waals surface area contributed by atoms with E-state index in [0.29, 0.717) is 0 Å². The number of aliphatic carboxylic acids is 1. The molecule has 0 aromatic heterocycles. The Balaban J connectivity index is 4.96. The fourth-order valence-electron chi connectivity index (χ4n) is 1.38. The molecule has 0 aliphatic rings. The van der Waals surface area contributed by atoms with Gasteiger partial charge in [-0.2, -0.15) is 8.42 Å². The molecule has 0 aromatic rings. The number of quaternary nitrogens is 1. The summed E-state index contributed by atoms with van der Waals surface area (Å²) in [5.74, 6) is -1.32. The molecular formula is C7H17N2O6S+. The van der Waals surface area contributed by atoms with Gasteiger partial charge in [-0.1, -0.05) is 0 Å². The van der Waals surface area contributed by atoms with Gasteiger partial charge in [0.15, 0.2) is 5.72 Å². The van der Waals surface area contributed by atoms with Crippen LogP contribution >= 0.6 is 0 Å². The quantitative estimate of drug-likeness (QED) is 0.304. The maximum atomic E-state index is 10.6. The Hall–Kier alpha value is -0.740. The lowest BCUT2D eigenvalue weighted by molar-refractivity contribution is -0.876. The second-order valence-corrected chi connectivity index (χ2v) is 5.62. The van der Waals surface area contributed by atoms with E-state index >= 15 is 0 Å². The third kappa shape index (κ3) is 7.54. The third-order valence-electron chi connectivity index (χ3n) is 1.46. The van der Waals surface area contributed by atoms with Gasteiger partial charge in [0.1, 0.15) is 6.54 Å². The van der Waals surface area contributed by atoms with E-state index in [9.17, 15) is 13.2 Å². The highest BCUT2D eigenvalue weighted by Gasteiger charge is 2.39.